The second-order valence-electron chi connectivity index (χ2n) is 1.23. The van der Waals surface area contributed by atoms with Crippen LogP contribution in [0.5, 0.6) is 0 Å². The van der Waals surface area contributed by atoms with Gasteiger partial charge in [-0.1, -0.05) is 18.7 Å². The smallest absolute Gasteiger partial charge is 0.0457 e. The Balaban J connectivity index is 2.91. The summed E-state index contributed by atoms with van der Waals surface area (Å²) >= 11 is 1.71. The van der Waals surface area contributed by atoms with Gasteiger partial charge in [0.1, 0.15) is 0 Å². The summed E-state index contributed by atoms with van der Waals surface area (Å²) in [5, 5.41) is 5.01. The van der Waals surface area contributed by atoms with Crippen LogP contribution >= 0.6 is 11.8 Å². The highest BCUT2D eigenvalue weighted by molar-refractivity contribution is 8.02. The first-order valence-corrected chi connectivity index (χ1v) is 3.50. The predicted octanol–water partition coefficient (Wildman–Crippen LogP) is 1.60. The van der Waals surface area contributed by atoms with Crippen molar-refractivity contribution in [2.45, 2.75) is 0 Å². The molecular weight excluding hydrogens is 118 g/mol. The van der Waals surface area contributed by atoms with Gasteiger partial charge in [-0.15, -0.1) is 11.8 Å². The summed E-state index contributed by atoms with van der Waals surface area (Å²) in [6, 6.07) is 0. The Hall–Kier alpha value is -0.210. The van der Waals surface area contributed by atoms with Crippen LogP contribution in [0.2, 0.25) is 0 Å². The zero-order chi connectivity index (χ0) is 6.24. The third-order valence-corrected chi connectivity index (χ3v) is 1.34. The van der Waals surface area contributed by atoms with E-state index < -0.39 is 0 Å². The van der Waals surface area contributed by atoms with Crippen LogP contribution in [0.3, 0.4) is 0 Å². The molecule has 0 bridgehead atoms. The van der Waals surface area contributed by atoms with E-state index in [1.54, 1.807) is 17.8 Å². The second-order valence-corrected chi connectivity index (χ2v) is 2.12. The summed E-state index contributed by atoms with van der Waals surface area (Å²) < 4.78 is 0. The molecule has 46 valence electrons. The zero-order valence-corrected chi connectivity index (χ0v) is 5.87. The normalized spacial score (nSPS) is 10.1. The molecule has 0 spiro atoms. The average molecular weight is 129 g/mol. The van der Waals surface area contributed by atoms with Crippen LogP contribution in [0.15, 0.2) is 24.1 Å². The van der Waals surface area contributed by atoms with Crippen molar-refractivity contribution < 1.29 is 0 Å². The van der Waals surface area contributed by atoms with Gasteiger partial charge < -0.3 is 5.32 Å². The molecule has 0 amide bonds. The Morgan fingerprint density at radius 3 is 3.00 bits per heavy atom. The Morgan fingerprint density at radius 1 is 1.75 bits per heavy atom. The lowest BCUT2D eigenvalue weighted by atomic mass is 10.6. The van der Waals surface area contributed by atoms with Gasteiger partial charge in [0, 0.05) is 5.88 Å². The van der Waals surface area contributed by atoms with Crippen LogP contribution in [0, 0.1) is 0 Å². The van der Waals surface area contributed by atoms with Gasteiger partial charge in [-0.2, -0.15) is 0 Å². The number of nitrogens with one attached hydrogen (secondary N) is 1. The molecule has 0 aromatic rings. The van der Waals surface area contributed by atoms with E-state index in [0.29, 0.717) is 0 Å². The van der Waals surface area contributed by atoms with E-state index in [1.165, 1.54) is 0 Å². The van der Waals surface area contributed by atoms with E-state index in [1.807, 2.05) is 18.5 Å². The van der Waals surface area contributed by atoms with Crippen molar-refractivity contribution in [1.82, 2.24) is 5.32 Å². The Labute approximate surface area is 54.9 Å². The molecule has 0 aliphatic carbocycles. The Kier molecular flexibility index (Phi) is 6.61. The number of hydrogen-bond acceptors (Lipinski definition) is 2. The SMILES string of the molecule is C=C/C=C\SCNC. The molecule has 0 aromatic heterocycles. The van der Waals surface area contributed by atoms with Crippen LogP contribution in [0.4, 0.5) is 0 Å². The molecule has 0 fully saturated rings. The van der Waals surface area contributed by atoms with E-state index >= 15 is 0 Å². The highest BCUT2D eigenvalue weighted by Crippen LogP contribution is 1.96. The number of rotatable bonds is 4. The number of thioether (sulfide) groups is 1. The van der Waals surface area contributed by atoms with Gasteiger partial charge >= 0.3 is 0 Å². The standard InChI is InChI=1S/C6H11NS/c1-3-4-5-8-6-7-2/h3-5,7H,1,6H2,2H3/b5-4-. The summed E-state index contributed by atoms with van der Waals surface area (Å²) in [4.78, 5) is 0. The lowest BCUT2D eigenvalue weighted by molar-refractivity contribution is 0.985. The van der Waals surface area contributed by atoms with E-state index in [-0.39, 0.29) is 0 Å². The van der Waals surface area contributed by atoms with Crippen LogP contribution in [-0.4, -0.2) is 12.9 Å². The summed E-state index contributed by atoms with van der Waals surface area (Å²) in [6.45, 7) is 3.54. The third-order valence-electron chi connectivity index (χ3n) is 0.539. The first-order valence-electron chi connectivity index (χ1n) is 2.45. The van der Waals surface area contributed by atoms with Crippen LogP contribution in [-0.2, 0) is 0 Å². The molecule has 0 aromatic carbocycles. The van der Waals surface area contributed by atoms with Crippen molar-refractivity contribution in [3.05, 3.63) is 24.1 Å². The van der Waals surface area contributed by atoms with Crippen molar-refractivity contribution in [1.29, 1.82) is 0 Å². The van der Waals surface area contributed by atoms with E-state index in [2.05, 4.69) is 11.9 Å². The van der Waals surface area contributed by atoms with Gasteiger partial charge in [0.05, 0.1) is 0 Å². The first-order chi connectivity index (χ1) is 3.91. The fourth-order valence-corrected chi connectivity index (χ4v) is 0.728. The first kappa shape index (κ1) is 7.79. The summed E-state index contributed by atoms with van der Waals surface area (Å²) in [5.74, 6) is 0.963. The van der Waals surface area contributed by atoms with Gasteiger partial charge in [-0.3, -0.25) is 0 Å². The zero-order valence-electron chi connectivity index (χ0n) is 5.05. The van der Waals surface area contributed by atoms with Crippen molar-refractivity contribution >= 4 is 11.8 Å². The van der Waals surface area contributed by atoms with Crippen molar-refractivity contribution in [3.8, 4) is 0 Å². The van der Waals surface area contributed by atoms with Gasteiger partial charge in [0.2, 0.25) is 0 Å². The van der Waals surface area contributed by atoms with E-state index in [4.69, 9.17) is 0 Å². The van der Waals surface area contributed by atoms with Crippen LogP contribution in [0.1, 0.15) is 0 Å². The summed E-state index contributed by atoms with van der Waals surface area (Å²) in [7, 11) is 1.93. The molecule has 0 saturated carbocycles. The minimum absolute atomic E-state index is 0.963. The quantitative estimate of drug-likeness (QED) is 0.351. The fraction of sp³-hybridized carbons (Fsp3) is 0.333. The molecule has 1 nitrogen and oxygen atoms in total. The van der Waals surface area contributed by atoms with E-state index in [0.717, 1.165) is 5.88 Å². The van der Waals surface area contributed by atoms with Crippen LogP contribution in [0.25, 0.3) is 0 Å². The topological polar surface area (TPSA) is 12.0 Å². The monoisotopic (exact) mass is 129 g/mol. The minimum Gasteiger partial charge on any atom is -0.311 e. The second kappa shape index (κ2) is 6.79. The molecule has 0 unspecified atom stereocenters. The number of hydrogen-bond donors (Lipinski definition) is 1. The van der Waals surface area contributed by atoms with Gasteiger partial charge in [-0.05, 0) is 12.5 Å². The lowest BCUT2D eigenvalue weighted by Gasteiger charge is -1.88. The highest BCUT2D eigenvalue weighted by atomic mass is 32.2. The predicted molar refractivity (Wildman–Crippen MR) is 40.9 cm³/mol. The van der Waals surface area contributed by atoms with E-state index in [9.17, 15) is 0 Å². The molecule has 0 heterocycles. The fourth-order valence-electron chi connectivity index (χ4n) is 0.243. The average Bonchev–Trinajstić information content (AvgIpc) is 1.81. The molecule has 0 aliphatic heterocycles. The molecule has 0 rings (SSSR count). The molecule has 1 N–H and O–H groups in total. The summed E-state index contributed by atoms with van der Waals surface area (Å²) in [6.07, 6.45) is 3.69. The van der Waals surface area contributed by atoms with Gasteiger partial charge in [0.15, 0.2) is 0 Å². The number of allylic oxidation sites excluding steroid dienone is 2. The Morgan fingerprint density at radius 2 is 2.50 bits per heavy atom. The molecule has 2 heteroatoms. The lowest BCUT2D eigenvalue weighted by Crippen LogP contribution is -2.01. The maximum atomic E-state index is 3.54. The molecule has 0 radical (unpaired) electrons. The molecule has 0 atom stereocenters. The van der Waals surface area contributed by atoms with Gasteiger partial charge in [0.25, 0.3) is 0 Å². The summed E-state index contributed by atoms with van der Waals surface area (Å²) in [5.41, 5.74) is 0. The largest absolute Gasteiger partial charge is 0.311 e. The maximum Gasteiger partial charge on any atom is 0.0457 e. The van der Waals surface area contributed by atoms with Crippen LogP contribution < -0.4 is 5.32 Å². The Bertz CT molecular complexity index is 78.6. The molecular formula is C6H11NS. The van der Waals surface area contributed by atoms with Crippen molar-refractivity contribution in [2.75, 3.05) is 12.9 Å². The minimum atomic E-state index is 0.963. The molecule has 8 heavy (non-hydrogen) atoms. The molecule has 0 saturated heterocycles. The maximum absolute atomic E-state index is 3.54. The molecule has 0 aliphatic rings. The third kappa shape index (κ3) is 5.79. The van der Waals surface area contributed by atoms with Crippen molar-refractivity contribution in [3.63, 3.8) is 0 Å². The highest BCUT2D eigenvalue weighted by Gasteiger charge is 1.71. The van der Waals surface area contributed by atoms with Gasteiger partial charge in [-0.25, -0.2) is 0 Å². The van der Waals surface area contributed by atoms with Crippen molar-refractivity contribution in [2.24, 2.45) is 0 Å².